The van der Waals surface area contributed by atoms with Crippen molar-refractivity contribution >= 4 is 40.2 Å². The van der Waals surface area contributed by atoms with Gasteiger partial charge in [0.05, 0.1) is 22.9 Å². The summed E-state index contributed by atoms with van der Waals surface area (Å²) < 4.78 is 0. The number of hydrogen-bond acceptors (Lipinski definition) is 7. The van der Waals surface area contributed by atoms with Crippen LogP contribution in [0.15, 0.2) is 51.6 Å². The Hall–Kier alpha value is -3.13. The van der Waals surface area contributed by atoms with E-state index in [1.807, 2.05) is 30.5 Å². The fourth-order valence-electron chi connectivity index (χ4n) is 3.18. The summed E-state index contributed by atoms with van der Waals surface area (Å²) >= 11 is 1.35. The smallest absolute Gasteiger partial charge is 0.270 e. The molecule has 0 aromatic heterocycles. The van der Waals surface area contributed by atoms with Gasteiger partial charge in [-0.05, 0) is 29.7 Å². The Morgan fingerprint density at radius 1 is 1.21 bits per heavy atom. The molecule has 7 nitrogen and oxygen atoms in total. The van der Waals surface area contributed by atoms with Gasteiger partial charge in [-0.15, -0.1) is 16.9 Å². The van der Waals surface area contributed by atoms with Crippen LogP contribution in [-0.4, -0.2) is 33.4 Å². The molecule has 2 aromatic carbocycles. The number of thioether (sulfide) groups is 1. The number of ketones is 1. The molecular formula is C20H16N4O3S. The van der Waals surface area contributed by atoms with Gasteiger partial charge in [0.15, 0.2) is 0 Å². The number of nitro benzene ring substituents is 1. The zero-order valence-corrected chi connectivity index (χ0v) is 15.9. The Morgan fingerprint density at radius 3 is 2.82 bits per heavy atom. The third-order valence-electron chi connectivity index (χ3n) is 4.49. The highest BCUT2D eigenvalue weighted by molar-refractivity contribution is 8.14. The SMILES string of the molecule is CC(=O)CSC1=NN=C(c2cc(-c3cccc4c3C=NC4)cc([N+](=O)[O-])c2)C1. The normalized spacial score (nSPS) is 14.6. The monoisotopic (exact) mass is 392 g/mol. The first-order chi connectivity index (χ1) is 13.5. The minimum atomic E-state index is -0.397. The fraction of sp³-hybridized carbons (Fsp3) is 0.200. The maximum atomic E-state index is 11.5. The van der Waals surface area contributed by atoms with Crippen molar-refractivity contribution in [1.29, 1.82) is 0 Å². The first-order valence-electron chi connectivity index (χ1n) is 8.69. The molecule has 0 bridgehead atoms. The summed E-state index contributed by atoms with van der Waals surface area (Å²) in [6.45, 7) is 2.15. The van der Waals surface area contributed by atoms with Crippen LogP contribution in [0.1, 0.15) is 30.0 Å². The lowest BCUT2D eigenvalue weighted by Gasteiger charge is -2.10. The van der Waals surface area contributed by atoms with Gasteiger partial charge >= 0.3 is 0 Å². The molecule has 8 heteroatoms. The minimum Gasteiger partial charge on any atom is -0.299 e. The fourth-order valence-corrected chi connectivity index (χ4v) is 3.89. The number of non-ortho nitro benzene ring substituents is 1. The molecule has 2 aliphatic heterocycles. The number of nitrogens with zero attached hydrogens (tertiary/aromatic N) is 4. The predicted molar refractivity (Wildman–Crippen MR) is 112 cm³/mol. The summed E-state index contributed by atoms with van der Waals surface area (Å²) in [6, 6.07) is 10.9. The van der Waals surface area contributed by atoms with Crippen LogP contribution < -0.4 is 0 Å². The van der Waals surface area contributed by atoms with Gasteiger partial charge in [-0.1, -0.05) is 18.2 Å². The molecule has 0 saturated heterocycles. The molecule has 0 unspecified atom stereocenters. The van der Waals surface area contributed by atoms with Gasteiger partial charge in [-0.2, -0.15) is 5.10 Å². The highest BCUT2D eigenvalue weighted by atomic mass is 32.2. The van der Waals surface area contributed by atoms with Crippen molar-refractivity contribution in [3.05, 3.63) is 63.2 Å². The van der Waals surface area contributed by atoms with Gasteiger partial charge in [0, 0.05) is 35.9 Å². The van der Waals surface area contributed by atoms with E-state index in [0.717, 1.165) is 27.3 Å². The van der Waals surface area contributed by atoms with Crippen molar-refractivity contribution in [2.75, 3.05) is 5.75 Å². The number of fused-ring (bicyclic) bond motifs is 1. The zero-order valence-electron chi connectivity index (χ0n) is 15.1. The van der Waals surface area contributed by atoms with Crippen molar-refractivity contribution in [2.45, 2.75) is 19.9 Å². The summed E-state index contributed by atoms with van der Waals surface area (Å²) in [5, 5.41) is 20.6. The van der Waals surface area contributed by atoms with Gasteiger partial charge in [0.25, 0.3) is 5.69 Å². The maximum Gasteiger partial charge on any atom is 0.270 e. The third-order valence-corrected chi connectivity index (χ3v) is 5.60. The summed E-state index contributed by atoms with van der Waals surface area (Å²) in [7, 11) is 0. The van der Waals surface area contributed by atoms with Crippen LogP contribution in [0.3, 0.4) is 0 Å². The predicted octanol–water partition coefficient (Wildman–Crippen LogP) is 4.02. The van der Waals surface area contributed by atoms with Crippen molar-refractivity contribution in [2.24, 2.45) is 15.2 Å². The van der Waals surface area contributed by atoms with Crippen LogP contribution in [0.25, 0.3) is 11.1 Å². The summed E-state index contributed by atoms with van der Waals surface area (Å²) in [6.07, 6.45) is 2.28. The van der Waals surface area contributed by atoms with Crippen LogP contribution in [0, 0.1) is 10.1 Å². The number of carbonyl (C=O) groups excluding carboxylic acids is 1. The van der Waals surface area contributed by atoms with E-state index in [4.69, 9.17) is 0 Å². The number of benzene rings is 2. The topological polar surface area (TPSA) is 97.3 Å². The molecule has 0 fully saturated rings. The van der Waals surface area contributed by atoms with Crippen molar-refractivity contribution in [3.63, 3.8) is 0 Å². The average Bonchev–Trinajstić information content (AvgIpc) is 3.35. The first kappa shape index (κ1) is 18.2. The molecule has 2 aromatic rings. The lowest BCUT2D eigenvalue weighted by molar-refractivity contribution is -0.384. The van der Waals surface area contributed by atoms with E-state index in [0.29, 0.717) is 30.0 Å². The molecule has 0 amide bonds. The number of aliphatic imine (C=N–C) groups is 1. The highest BCUT2D eigenvalue weighted by Gasteiger charge is 2.21. The molecule has 0 saturated carbocycles. The van der Waals surface area contributed by atoms with E-state index in [2.05, 4.69) is 15.2 Å². The van der Waals surface area contributed by atoms with Crippen LogP contribution in [0.4, 0.5) is 5.69 Å². The van der Waals surface area contributed by atoms with Crippen LogP contribution in [-0.2, 0) is 11.3 Å². The van der Waals surface area contributed by atoms with Crippen LogP contribution in [0.5, 0.6) is 0 Å². The van der Waals surface area contributed by atoms with Gasteiger partial charge in [-0.25, -0.2) is 0 Å². The summed E-state index contributed by atoms with van der Waals surface area (Å²) in [5.74, 6) is 0.412. The Bertz CT molecular complexity index is 1090. The summed E-state index contributed by atoms with van der Waals surface area (Å²) in [5.41, 5.74) is 5.10. The average molecular weight is 392 g/mol. The Balaban J connectivity index is 1.69. The second kappa shape index (κ2) is 7.47. The lowest BCUT2D eigenvalue weighted by Crippen LogP contribution is -2.05. The molecule has 0 spiro atoms. The number of hydrogen-bond donors (Lipinski definition) is 0. The quantitative estimate of drug-likeness (QED) is 0.567. The van der Waals surface area contributed by atoms with E-state index in [9.17, 15) is 14.9 Å². The lowest BCUT2D eigenvalue weighted by atomic mass is 9.94. The van der Waals surface area contributed by atoms with E-state index >= 15 is 0 Å². The highest BCUT2D eigenvalue weighted by Crippen LogP contribution is 2.32. The minimum absolute atomic E-state index is 0.00702. The van der Waals surface area contributed by atoms with Crippen molar-refractivity contribution < 1.29 is 9.72 Å². The number of rotatable bonds is 5. The Labute approximate surface area is 165 Å². The number of Topliss-reactive ketones (excluding diaryl/α,β-unsaturated/α-hetero) is 1. The van der Waals surface area contributed by atoms with E-state index in [1.54, 1.807) is 6.07 Å². The molecule has 4 rings (SSSR count). The first-order valence-corrected chi connectivity index (χ1v) is 9.67. The number of carbonyl (C=O) groups is 1. The Morgan fingerprint density at radius 2 is 2.04 bits per heavy atom. The van der Waals surface area contributed by atoms with Crippen LogP contribution >= 0.6 is 11.8 Å². The van der Waals surface area contributed by atoms with Gasteiger partial charge in [0.1, 0.15) is 10.8 Å². The molecule has 28 heavy (non-hydrogen) atoms. The Kier molecular flexibility index (Phi) is 4.87. The van der Waals surface area contributed by atoms with Gasteiger partial charge in [0.2, 0.25) is 0 Å². The van der Waals surface area contributed by atoms with E-state index in [1.165, 1.54) is 24.8 Å². The molecule has 0 aliphatic carbocycles. The molecule has 140 valence electrons. The largest absolute Gasteiger partial charge is 0.299 e. The second-order valence-corrected chi connectivity index (χ2v) is 7.63. The van der Waals surface area contributed by atoms with Crippen molar-refractivity contribution in [1.82, 2.24) is 0 Å². The molecule has 2 aliphatic rings. The van der Waals surface area contributed by atoms with E-state index in [-0.39, 0.29) is 11.5 Å². The second-order valence-electron chi connectivity index (χ2n) is 6.58. The zero-order chi connectivity index (χ0) is 19.7. The standard InChI is InChI=1S/C20H16N4O3S/c1-12(25)11-28-20-8-19(22-23-20)15-5-14(6-16(7-15)24(26)27)17-4-2-3-13-9-21-10-18(13)17/h2-7,10H,8-9,11H2,1H3. The van der Waals surface area contributed by atoms with Crippen LogP contribution in [0.2, 0.25) is 0 Å². The molecule has 0 radical (unpaired) electrons. The molecular weight excluding hydrogens is 376 g/mol. The third kappa shape index (κ3) is 3.63. The summed E-state index contributed by atoms with van der Waals surface area (Å²) in [4.78, 5) is 26.6. The molecule has 0 atom stereocenters. The number of nitro groups is 1. The van der Waals surface area contributed by atoms with Gasteiger partial charge in [-0.3, -0.25) is 19.9 Å². The van der Waals surface area contributed by atoms with E-state index < -0.39 is 4.92 Å². The van der Waals surface area contributed by atoms with Crippen molar-refractivity contribution in [3.8, 4) is 11.1 Å². The molecule has 2 heterocycles. The molecule has 0 N–H and O–H groups in total. The maximum absolute atomic E-state index is 11.5. The van der Waals surface area contributed by atoms with Gasteiger partial charge < -0.3 is 0 Å².